The predicted octanol–water partition coefficient (Wildman–Crippen LogP) is 2.09. The average Bonchev–Trinajstić information content (AvgIpc) is 3.17. The molecule has 3 rings (SSSR count). The van der Waals surface area contributed by atoms with Crippen LogP contribution in [0.3, 0.4) is 0 Å². The molecule has 1 saturated heterocycles. The highest BCUT2D eigenvalue weighted by Gasteiger charge is 2.41. The van der Waals surface area contributed by atoms with Gasteiger partial charge >= 0.3 is 0 Å². The van der Waals surface area contributed by atoms with Gasteiger partial charge in [-0.25, -0.2) is 0 Å². The summed E-state index contributed by atoms with van der Waals surface area (Å²) in [4.78, 5) is 15.1. The maximum Gasteiger partial charge on any atom is 0.227 e. The number of nitrogens with zero attached hydrogens (tertiary/aromatic N) is 1. The van der Waals surface area contributed by atoms with Crippen molar-refractivity contribution in [1.29, 1.82) is 0 Å². The Morgan fingerprint density at radius 2 is 1.67 bits per heavy atom. The number of nitrogens with one attached hydrogen (secondary N) is 1. The lowest BCUT2D eigenvalue weighted by Gasteiger charge is -2.35. The van der Waals surface area contributed by atoms with Crippen molar-refractivity contribution in [2.24, 2.45) is 11.1 Å². The third-order valence-electron chi connectivity index (χ3n) is 5.36. The van der Waals surface area contributed by atoms with Crippen molar-refractivity contribution in [1.82, 2.24) is 10.2 Å². The minimum Gasteiger partial charge on any atom is -0.353 e. The first kappa shape index (κ1) is 19.0. The van der Waals surface area contributed by atoms with Gasteiger partial charge in [0.25, 0.3) is 0 Å². The van der Waals surface area contributed by atoms with E-state index in [-0.39, 0.29) is 36.1 Å². The van der Waals surface area contributed by atoms with E-state index in [2.05, 4.69) is 10.2 Å². The number of likely N-dealkylation sites (tertiary alicyclic amines) is 1. The monoisotopic (exact) mass is 337 g/mol. The Balaban J connectivity index is 0.00000110. The quantitative estimate of drug-likeness (QED) is 0.825. The van der Waals surface area contributed by atoms with Gasteiger partial charge in [-0.15, -0.1) is 24.8 Å². The zero-order chi connectivity index (χ0) is 13.3. The fourth-order valence-electron chi connectivity index (χ4n) is 3.76. The van der Waals surface area contributed by atoms with Crippen LogP contribution in [-0.4, -0.2) is 42.5 Å². The molecule has 0 spiro atoms. The Morgan fingerprint density at radius 1 is 1.10 bits per heavy atom. The third kappa shape index (κ3) is 4.25. The van der Waals surface area contributed by atoms with Gasteiger partial charge in [0.1, 0.15) is 0 Å². The molecule has 2 saturated carbocycles. The average molecular weight is 338 g/mol. The van der Waals surface area contributed by atoms with Crippen LogP contribution < -0.4 is 11.1 Å². The maximum absolute atomic E-state index is 12.5. The maximum atomic E-state index is 12.5. The van der Waals surface area contributed by atoms with Crippen LogP contribution in [-0.2, 0) is 4.79 Å². The number of hydrogen-bond acceptors (Lipinski definition) is 3. The molecule has 0 aromatic carbocycles. The summed E-state index contributed by atoms with van der Waals surface area (Å²) in [7, 11) is 0. The van der Waals surface area contributed by atoms with E-state index < -0.39 is 0 Å². The van der Waals surface area contributed by atoms with Crippen LogP contribution in [0.25, 0.3) is 0 Å². The largest absolute Gasteiger partial charge is 0.353 e. The minimum absolute atomic E-state index is 0. The summed E-state index contributed by atoms with van der Waals surface area (Å²) in [6.45, 7) is 2.83. The molecule has 0 atom stereocenters. The van der Waals surface area contributed by atoms with Gasteiger partial charge in [0.2, 0.25) is 5.91 Å². The van der Waals surface area contributed by atoms with E-state index in [1.165, 1.54) is 12.8 Å². The molecule has 4 nitrogen and oxygen atoms in total. The molecule has 1 heterocycles. The molecule has 2 aliphatic carbocycles. The highest BCUT2D eigenvalue weighted by atomic mass is 35.5. The Bertz CT molecular complexity index is 336. The first-order valence-corrected chi connectivity index (χ1v) is 7.99. The van der Waals surface area contributed by atoms with Gasteiger partial charge in [-0.1, -0.05) is 12.8 Å². The second kappa shape index (κ2) is 8.00. The van der Waals surface area contributed by atoms with Gasteiger partial charge in [-0.05, 0) is 38.5 Å². The first-order chi connectivity index (χ1) is 9.23. The van der Waals surface area contributed by atoms with E-state index in [1.54, 1.807) is 0 Å². The van der Waals surface area contributed by atoms with Gasteiger partial charge in [0, 0.05) is 31.7 Å². The SMILES string of the molecule is Cl.Cl.NCC1(C(=O)NC2CCN(C3CC3)CC2)CCCC1. The second-order valence-corrected chi connectivity index (χ2v) is 6.71. The van der Waals surface area contributed by atoms with E-state index in [0.717, 1.165) is 57.7 Å². The number of piperidine rings is 1. The predicted molar refractivity (Wildman–Crippen MR) is 90.2 cm³/mol. The first-order valence-electron chi connectivity index (χ1n) is 7.99. The number of rotatable bonds is 4. The molecule has 1 aliphatic heterocycles. The van der Waals surface area contributed by atoms with E-state index in [4.69, 9.17) is 5.73 Å². The lowest BCUT2D eigenvalue weighted by Crippen LogP contribution is -2.51. The zero-order valence-corrected chi connectivity index (χ0v) is 14.3. The van der Waals surface area contributed by atoms with Gasteiger partial charge in [-0.3, -0.25) is 4.79 Å². The summed E-state index contributed by atoms with van der Waals surface area (Å²) in [6, 6.07) is 1.24. The van der Waals surface area contributed by atoms with Crippen molar-refractivity contribution in [3.05, 3.63) is 0 Å². The summed E-state index contributed by atoms with van der Waals surface area (Å²) in [6.07, 6.45) is 9.27. The van der Waals surface area contributed by atoms with Crippen LogP contribution in [0.1, 0.15) is 51.4 Å². The van der Waals surface area contributed by atoms with Crippen LogP contribution in [0.4, 0.5) is 0 Å². The van der Waals surface area contributed by atoms with Crippen molar-refractivity contribution in [3.8, 4) is 0 Å². The van der Waals surface area contributed by atoms with Crippen LogP contribution in [0.15, 0.2) is 0 Å². The highest BCUT2D eigenvalue weighted by molar-refractivity contribution is 5.85. The number of halogens is 2. The molecule has 0 radical (unpaired) electrons. The van der Waals surface area contributed by atoms with Gasteiger partial charge in [-0.2, -0.15) is 0 Å². The topological polar surface area (TPSA) is 58.4 Å². The summed E-state index contributed by atoms with van der Waals surface area (Å²) < 4.78 is 0. The van der Waals surface area contributed by atoms with Gasteiger partial charge in [0.15, 0.2) is 0 Å². The number of hydrogen-bond donors (Lipinski definition) is 2. The summed E-state index contributed by atoms with van der Waals surface area (Å²) in [5.74, 6) is 0.234. The molecule has 0 bridgehead atoms. The Hall–Kier alpha value is -0.0300. The number of carbonyl (C=O) groups is 1. The molecular formula is C15H29Cl2N3O. The molecular weight excluding hydrogens is 309 g/mol. The highest BCUT2D eigenvalue weighted by Crippen LogP contribution is 2.37. The molecule has 0 unspecified atom stereocenters. The summed E-state index contributed by atoms with van der Waals surface area (Å²) in [5.41, 5.74) is 5.63. The van der Waals surface area contributed by atoms with Crippen molar-refractivity contribution in [3.63, 3.8) is 0 Å². The van der Waals surface area contributed by atoms with Crippen LogP contribution >= 0.6 is 24.8 Å². The number of amides is 1. The molecule has 3 N–H and O–H groups in total. The fraction of sp³-hybridized carbons (Fsp3) is 0.933. The summed E-state index contributed by atoms with van der Waals surface area (Å²) >= 11 is 0. The molecule has 21 heavy (non-hydrogen) atoms. The van der Waals surface area contributed by atoms with Crippen molar-refractivity contribution < 1.29 is 4.79 Å². The van der Waals surface area contributed by atoms with Crippen LogP contribution in [0, 0.1) is 5.41 Å². The molecule has 1 amide bonds. The zero-order valence-electron chi connectivity index (χ0n) is 12.7. The Labute approximate surface area is 140 Å². The van der Waals surface area contributed by atoms with E-state index in [0.29, 0.717) is 12.6 Å². The molecule has 3 aliphatic rings. The second-order valence-electron chi connectivity index (χ2n) is 6.71. The lowest BCUT2D eigenvalue weighted by atomic mass is 9.84. The smallest absolute Gasteiger partial charge is 0.227 e. The van der Waals surface area contributed by atoms with Crippen LogP contribution in [0.2, 0.25) is 0 Å². The number of carbonyl (C=O) groups excluding carboxylic acids is 1. The van der Waals surface area contributed by atoms with Gasteiger partial charge in [0.05, 0.1) is 5.41 Å². The Morgan fingerprint density at radius 3 is 2.14 bits per heavy atom. The summed E-state index contributed by atoms with van der Waals surface area (Å²) in [5, 5.41) is 3.29. The van der Waals surface area contributed by atoms with Crippen molar-refractivity contribution >= 4 is 30.7 Å². The third-order valence-corrected chi connectivity index (χ3v) is 5.36. The number of nitrogens with two attached hydrogens (primary N) is 1. The molecule has 3 fully saturated rings. The van der Waals surface area contributed by atoms with E-state index >= 15 is 0 Å². The van der Waals surface area contributed by atoms with Crippen molar-refractivity contribution in [2.75, 3.05) is 19.6 Å². The fourth-order valence-corrected chi connectivity index (χ4v) is 3.76. The van der Waals surface area contributed by atoms with Gasteiger partial charge < -0.3 is 16.0 Å². The molecule has 124 valence electrons. The lowest BCUT2D eigenvalue weighted by molar-refractivity contribution is -0.131. The Kier molecular flexibility index (Phi) is 7.25. The molecule has 0 aromatic heterocycles. The molecule has 0 aromatic rings. The minimum atomic E-state index is -0.242. The normalized spacial score (nSPS) is 25.8. The van der Waals surface area contributed by atoms with Crippen LogP contribution in [0.5, 0.6) is 0 Å². The van der Waals surface area contributed by atoms with E-state index in [1.807, 2.05) is 0 Å². The van der Waals surface area contributed by atoms with Crippen molar-refractivity contribution in [2.45, 2.75) is 63.5 Å². The van der Waals surface area contributed by atoms with E-state index in [9.17, 15) is 4.79 Å². The standard InChI is InChI=1S/C15H27N3O.2ClH/c16-11-15(7-1-2-8-15)14(19)17-12-5-9-18(10-6-12)13-3-4-13;;/h12-13H,1-11,16H2,(H,17,19);2*1H. The molecule has 6 heteroatoms.